The van der Waals surface area contributed by atoms with Crippen LogP contribution in [-0.4, -0.2) is 43.6 Å². The molecule has 19 heavy (non-hydrogen) atoms. The average Bonchev–Trinajstić information content (AvgIpc) is 2.33. The van der Waals surface area contributed by atoms with Crippen LogP contribution in [0, 0.1) is 5.92 Å². The van der Waals surface area contributed by atoms with Crippen molar-refractivity contribution >= 4 is 22.4 Å². The lowest BCUT2D eigenvalue weighted by Crippen LogP contribution is -2.57. The third kappa shape index (κ3) is 4.31. The summed E-state index contributed by atoms with van der Waals surface area (Å²) in [5.41, 5.74) is 0. The van der Waals surface area contributed by atoms with E-state index < -0.39 is 10.0 Å². The molecule has 0 spiro atoms. The first-order valence-electron chi connectivity index (χ1n) is 7.23. The molecular formula is C13H27ClN2O2S. The van der Waals surface area contributed by atoms with Crippen molar-refractivity contribution in [3.05, 3.63) is 0 Å². The zero-order valence-electron chi connectivity index (χ0n) is 12.0. The summed E-state index contributed by atoms with van der Waals surface area (Å²) in [5, 5.41) is 3.33. The zero-order valence-corrected chi connectivity index (χ0v) is 13.6. The SMILES string of the molecule is CC1NCCN(S(=O)(=O)CC2CCCCC2)C1C.Cl. The van der Waals surface area contributed by atoms with Gasteiger partial charge < -0.3 is 5.32 Å². The van der Waals surface area contributed by atoms with Crippen LogP contribution in [0.25, 0.3) is 0 Å². The lowest BCUT2D eigenvalue weighted by atomic mass is 9.91. The maximum absolute atomic E-state index is 12.5. The summed E-state index contributed by atoms with van der Waals surface area (Å²) in [5.74, 6) is 0.755. The largest absolute Gasteiger partial charge is 0.311 e. The van der Waals surface area contributed by atoms with Crippen LogP contribution >= 0.6 is 12.4 Å². The van der Waals surface area contributed by atoms with E-state index in [1.807, 2.05) is 6.92 Å². The third-order valence-corrected chi connectivity index (χ3v) is 6.63. The Morgan fingerprint density at radius 3 is 2.42 bits per heavy atom. The van der Waals surface area contributed by atoms with Crippen molar-refractivity contribution in [3.63, 3.8) is 0 Å². The van der Waals surface area contributed by atoms with Crippen molar-refractivity contribution in [3.8, 4) is 0 Å². The van der Waals surface area contributed by atoms with Gasteiger partial charge in [-0.2, -0.15) is 4.31 Å². The van der Waals surface area contributed by atoms with Gasteiger partial charge in [0.05, 0.1) is 5.75 Å². The molecule has 1 heterocycles. The second-order valence-electron chi connectivity index (χ2n) is 5.88. The highest BCUT2D eigenvalue weighted by Crippen LogP contribution is 2.26. The van der Waals surface area contributed by atoms with Crippen molar-refractivity contribution in [1.82, 2.24) is 9.62 Å². The normalized spacial score (nSPS) is 30.8. The van der Waals surface area contributed by atoms with Gasteiger partial charge in [-0.05, 0) is 32.6 Å². The Hall–Kier alpha value is 0.160. The van der Waals surface area contributed by atoms with E-state index in [0.717, 1.165) is 19.4 Å². The van der Waals surface area contributed by atoms with Gasteiger partial charge in [0.15, 0.2) is 0 Å². The summed E-state index contributed by atoms with van der Waals surface area (Å²) < 4.78 is 26.7. The molecule has 114 valence electrons. The van der Waals surface area contributed by atoms with Crippen molar-refractivity contribution in [2.24, 2.45) is 5.92 Å². The van der Waals surface area contributed by atoms with Crippen molar-refractivity contribution in [2.45, 2.75) is 58.0 Å². The summed E-state index contributed by atoms with van der Waals surface area (Å²) in [6.45, 7) is 5.47. The third-order valence-electron chi connectivity index (χ3n) is 4.50. The van der Waals surface area contributed by atoms with E-state index in [4.69, 9.17) is 0 Å². The topological polar surface area (TPSA) is 49.4 Å². The molecule has 2 atom stereocenters. The van der Waals surface area contributed by atoms with Gasteiger partial charge in [0.1, 0.15) is 0 Å². The van der Waals surface area contributed by atoms with Crippen LogP contribution in [0.4, 0.5) is 0 Å². The second kappa shape index (κ2) is 7.25. The Bertz CT molecular complexity index is 369. The highest BCUT2D eigenvalue weighted by molar-refractivity contribution is 7.89. The zero-order chi connectivity index (χ0) is 13.2. The number of nitrogens with one attached hydrogen (secondary N) is 1. The standard InChI is InChI=1S/C13H26N2O2S.ClH/c1-11-12(2)15(9-8-14-11)18(16,17)10-13-6-4-3-5-7-13;/h11-14H,3-10H2,1-2H3;1H. The Morgan fingerprint density at radius 1 is 1.16 bits per heavy atom. The first-order valence-corrected chi connectivity index (χ1v) is 8.84. The number of halogens is 1. The lowest BCUT2D eigenvalue weighted by Gasteiger charge is -2.38. The lowest BCUT2D eigenvalue weighted by molar-refractivity contribution is 0.230. The van der Waals surface area contributed by atoms with Crippen LogP contribution < -0.4 is 5.32 Å². The molecule has 2 rings (SSSR count). The van der Waals surface area contributed by atoms with E-state index in [-0.39, 0.29) is 24.5 Å². The van der Waals surface area contributed by atoms with Gasteiger partial charge in [0.25, 0.3) is 0 Å². The van der Waals surface area contributed by atoms with Crippen LogP contribution in [0.3, 0.4) is 0 Å². The molecule has 6 heteroatoms. The minimum Gasteiger partial charge on any atom is -0.311 e. The maximum atomic E-state index is 12.5. The van der Waals surface area contributed by atoms with Crippen molar-refractivity contribution < 1.29 is 8.42 Å². The number of nitrogens with zero attached hydrogens (tertiary/aromatic N) is 1. The summed E-state index contributed by atoms with van der Waals surface area (Å²) in [4.78, 5) is 0. The molecule has 4 nitrogen and oxygen atoms in total. The Kier molecular flexibility index (Phi) is 6.57. The van der Waals surface area contributed by atoms with Crippen molar-refractivity contribution in [2.75, 3.05) is 18.8 Å². The Morgan fingerprint density at radius 2 is 1.79 bits per heavy atom. The van der Waals surface area contributed by atoms with E-state index in [0.29, 0.717) is 18.2 Å². The average molecular weight is 311 g/mol. The van der Waals surface area contributed by atoms with E-state index >= 15 is 0 Å². The molecule has 0 aromatic heterocycles. The molecule has 0 radical (unpaired) electrons. The van der Waals surface area contributed by atoms with Crippen LogP contribution in [-0.2, 0) is 10.0 Å². The van der Waals surface area contributed by atoms with E-state index in [1.54, 1.807) is 4.31 Å². The fourth-order valence-electron chi connectivity index (χ4n) is 3.17. The van der Waals surface area contributed by atoms with Crippen LogP contribution in [0.15, 0.2) is 0 Å². The fourth-order valence-corrected chi connectivity index (χ4v) is 5.35. The Labute approximate surface area is 123 Å². The number of hydrogen-bond donors (Lipinski definition) is 1. The molecule has 2 aliphatic rings. The maximum Gasteiger partial charge on any atom is 0.214 e. The molecule has 2 fully saturated rings. The molecule has 0 aromatic carbocycles. The highest BCUT2D eigenvalue weighted by atomic mass is 35.5. The van der Waals surface area contributed by atoms with Gasteiger partial charge in [-0.1, -0.05) is 19.3 Å². The van der Waals surface area contributed by atoms with E-state index in [9.17, 15) is 8.42 Å². The summed E-state index contributed by atoms with van der Waals surface area (Å²) >= 11 is 0. The number of piperazine rings is 1. The molecule has 0 aromatic rings. The summed E-state index contributed by atoms with van der Waals surface area (Å²) in [7, 11) is -3.07. The molecule has 1 aliphatic heterocycles. The van der Waals surface area contributed by atoms with Gasteiger partial charge in [0, 0.05) is 25.2 Å². The van der Waals surface area contributed by atoms with Gasteiger partial charge in [0.2, 0.25) is 10.0 Å². The molecule has 1 aliphatic carbocycles. The van der Waals surface area contributed by atoms with Gasteiger partial charge in [-0.3, -0.25) is 0 Å². The highest BCUT2D eigenvalue weighted by Gasteiger charge is 2.34. The fraction of sp³-hybridized carbons (Fsp3) is 1.00. The number of hydrogen-bond acceptors (Lipinski definition) is 3. The van der Waals surface area contributed by atoms with E-state index in [1.165, 1.54) is 19.3 Å². The van der Waals surface area contributed by atoms with E-state index in [2.05, 4.69) is 12.2 Å². The predicted octanol–water partition coefficient (Wildman–Crippen LogP) is 2.00. The minimum absolute atomic E-state index is 0. The summed E-state index contributed by atoms with van der Waals surface area (Å²) in [6.07, 6.45) is 5.86. The Balaban J connectivity index is 0.00000180. The van der Waals surface area contributed by atoms with Crippen LogP contribution in [0.5, 0.6) is 0 Å². The molecule has 1 saturated heterocycles. The molecule has 1 saturated carbocycles. The minimum atomic E-state index is -3.07. The second-order valence-corrected chi connectivity index (χ2v) is 7.84. The van der Waals surface area contributed by atoms with Gasteiger partial charge >= 0.3 is 0 Å². The predicted molar refractivity (Wildman–Crippen MR) is 81.2 cm³/mol. The van der Waals surface area contributed by atoms with Gasteiger partial charge in [-0.25, -0.2) is 8.42 Å². The molecule has 2 unspecified atom stereocenters. The van der Waals surface area contributed by atoms with Gasteiger partial charge in [-0.15, -0.1) is 12.4 Å². The molecule has 0 amide bonds. The first-order chi connectivity index (χ1) is 8.50. The van der Waals surface area contributed by atoms with Crippen LogP contribution in [0.2, 0.25) is 0 Å². The quantitative estimate of drug-likeness (QED) is 0.867. The monoisotopic (exact) mass is 310 g/mol. The summed E-state index contributed by atoms with van der Waals surface area (Å²) in [6, 6.07) is 0.326. The molecular weight excluding hydrogens is 284 g/mol. The van der Waals surface area contributed by atoms with Crippen LogP contribution in [0.1, 0.15) is 46.0 Å². The molecule has 1 N–H and O–H groups in total. The number of sulfonamides is 1. The molecule has 0 bridgehead atoms. The van der Waals surface area contributed by atoms with Crippen molar-refractivity contribution in [1.29, 1.82) is 0 Å². The number of rotatable bonds is 3. The smallest absolute Gasteiger partial charge is 0.214 e. The first kappa shape index (κ1) is 17.2.